The Morgan fingerprint density at radius 1 is 1.10 bits per heavy atom. The summed E-state index contributed by atoms with van der Waals surface area (Å²) in [6.07, 6.45) is 1.07. The first-order valence-electron chi connectivity index (χ1n) is 7.02. The van der Waals surface area contributed by atoms with Crippen LogP contribution < -0.4 is 10.6 Å². The van der Waals surface area contributed by atoms with Crippen LogP contribution in [0.4, 0.5) is 11.4 Å². The minimum Gasteiger partial charge on any atom is -0.383 e. The molecule has 0 aliphatic carbocycles. The fourth-order valence-corrected chi connectivity index (χ4v) is 2.34. The predicted molar refractivity (Wildman–Crippen MR) is 91.9 cm³/mol. The molecular formula is C17H19BrN2O. The average molecular weight is 347 g/mol. The number of amides is 1. The van der Waals surface area contributed by atoms with Crippen molar-refractivity contribution in [3.63, 3.8) is 0 Å². The summed E-state index contributed by atoms with van der Waals surface area (Å²) in [6, 6.07) is 15.6. The van der Waals surface area contributed by atoms with Crippen molar-refractivity contribution < 1.29 is 4.79 Å². The molecule has 0 spiro atoms. The molecule has 0 aromatic heterocycles. The molecule has 0 aliphatic heterocycles. The van der Waals surface area contributed by atoms with Gasteiger partial charge in [-0.15, -0.1) is 0 Å². The topological polar surface area (TPSA) is 41.1 Å². The van der Waals surface area contributed by atoms with Crippen LogP contribution in [0.2, 0.25) is 0 Å². The van der Waals surface area contributed by atoms with E-state index in [4.69, 9.17) is 0 Å². The minimum absolute atomic E-state index is 0.120. The molecule has 2 aromatic carbocycles. The van der Waals surface area contributed by atoms with Gasteiger partial charge in [-0.05, 0) is 65.7 Å². The predicted octanol–water partition coefficient (Wildman–Crippen LogP) is 4.91. The van der Waals surface area contributed by atoms with E-state index in [9.17, 15) is 4.79 Å². The van der Waals surface area contributed by atoms with Gasteiger partial charge in [0.25, 0.3) is 5.91 Å². The maximum Gasteiger partial charge on any atom is 0.256 e. The first-order valence-corrected chi connectivity index (χ1v) is 7.82. The third-order valence-corrected chi connectivity index (χ3v) is 3.98. The normalized spacial score (nSPS) is 11.8. The largest absolute Gasteiger partial charge is 0.383 e. The Hall–Kier alpha value is -1.81. The van der Waals surface area contributed by atoms with Crippen LogP contribution in [0.15, 0.2) is 53.0 Å². The molecule has 0 radical (unpaired) electrons. The van der Waals surface area contributed by atoms with Crippen molar-refractivity contribution in [1.29, 1.82) is 0 Å². The number of benzene rings is 2. The lowest BCUT2D eigenvalue weighted by Gasteiger charge is -2.13. The van der Waals surface area contributed by atoms with Crippen molar-refractivity contribution in [3.8, 4) is 0 Å². The molecule has 0 heterocycles. The number of hydrogen-bond donors (Lipinski definition) is 2. The lowest BCUT2D eigenvalue weighted by Crippen LogP contribution is -2.14. The Morgan fingerprint density at radius 2 is 1.71 bits per heavy atom. The van der Waals surface area contributed by atoms with Crippen molar-refractivity contribution in [2.45, 2.75) is 26.3 Å². The van der Waals surface area contributed by atoms with Gasteiger partial charge in [0.05, 0.1) is 5.56 Å². The fourth-order valence-electron chi connectivity index (χ4n) is 1.88. The van der Waals surface area contributed by atoms with Gasteiger partial charge in [0.2, 0.25) is 0 Å². The van der Waals surface area contributed by atoms with Gasteiger partial charge in [0, 0.05) is 21.9 Å². The average Bonchev–Trinajstić information content (AvgIpc) is 2.49. The molecule has 0 saturated heterocycles. The summed E-state index contributed by atoms with van der Waals surface area (Å²) in [6.45, 7) is 4.28. The third-order valence-electron chi connectivity index (χ3n) is 3.29. The molecule has 110 valence electrons. The lowest BCUT2D eigenvalue weighted by atomic mass is 10.2. The maximum atomic E-state index is 12.2. The Kier molecular flexibility index (Phi) is 5.39. The summed E-state index contributed by atoms with van der Waals surface area (Å²) < 4.78 is 0.789. The molecule has 21 heavy (non-hydrogen) atoms. The molecule has 2 N–H and O–H groups in total. The number of nitrogens with one attached hydrogen (secondary N) is 2. The summed E-state index contributed by atoms with van der Waals surface area (Å²) in [5.41, 5.74) is 2.47. The van der Waals surface area contributed by atoms with Crippen LogP contribution >= 0.6 is 15.9 Å². The van der Waals surface area contributed by atoms with Gasteiger partial charge in [0.1, 0.15) is 0 Å². The Labute approximate surface area is 133 Å². The number of carbonyl (C=O) groups excluding carboxylic acids is 1. The van der Waals surface area contributed by atoms with Gasteiger partial charge in [-0.2, -0.15) is 0 Å². The molecule has 3 nitrogen and oxygen atoms in total. The van der Waals surface area contributed by atoms with E-state index in [1.807, 2.05) is 42.5 Å². The molecule has 0 saturated carbocycles. The molecule has 4 heteroatoms. The summed E-state index contributed by atoms with van der Waals surface area (Å²) >= 11 is 3.39. The number of halogens is 1. The van der Waals surface area contributed by atoms with Crippen molar-refractivity contribution in [2.24, 2.45) is 0 Å². The Bertz CT molecular complexity index is 610. The van der Waals surface area contributed by atoms with Crippen LogP contribution in [0.3, 0.4) is 0 Å². The molecule has 1 atom stereocenters. The highest BCUT2D eigenvalue weighted by Crippen LogP contribution is 2.19. The van der Waals surface area contributed by atoms with Crippen molar-refractivity contribution >= 4 is 33.2 Å². The van der Waals surface area contributed by atoms with Crippen LogP contribution in [0, 0.1) is 0 Å². The zero-order valence-electron chi connectivity index (χ0n) is 12.2. The first-order chi connectivity index (χ1) is 10.1. The summed E-state index contributed by atoms with van der Waals surface area (Å²) in [5.74, 6) is -0.120. The third kappa shape index (κ3) is 4.33. The van der Waals surface area contributed by atoms with E-state index < -0.39 is 0 Å². The van der Waals surface area contributed by atoms with E-state index in [0.717, 1.165) is 22.3 Å². The van der Waals surface area contributed by atoms with Crippen molar-refractivity contribution in [1.82, 2.24) is 0 Å². The van der Waals surface area contributed by atoms with Gasteiger partial charge < -0.3 is 10.6 Å². The van der Waals surface area contributed by atoms with Gasteiger partial charge in [0.15, 0.2) is 0 Å². The molecule has 2 aromatic rings. The highest BCUT2D eigenvalue weighted by atomic mass is 79.9. The second-order valence-electron chi connectivity index (χ2n) is 4.96. The highest BCUT2D eigenvalue weighted by molar-refractivity contribution is 9.10. The zero-order valence-corrected chi connectivity index (χ0v) is 13.8. The van der Waals surface area contributed by atoms with Crippen LogP contribution in [-0.4, -0.2) is 11.9 Å². The smallest absolute Gasteiger partial charge is 0.256 e. The molecule has 0 aliphatic rings. The SMILES string of the molecule is CCC(C)Nc1ccc(NC(=O)c2ccccc2Br)cc1. The second-order valence-corrected chi connectivity index (χ2v) is 5.82. The number of carbonyl (C=O) groups is 1. The first kappa shape index (κ1) is 15.6. The van der Waals surface area contributed by atoms with E-state index >= 15 is 0 Å². The second kappa shape index (κ2) is 7.27. The van der Waals surface area contributed by atoms with E-state index in [0.29, 0.717) is 11.6 Å². The van der Waals surface area contributed by atoms with E-state index in [1.165, 1.54) is 0 Å². The number of anilines is 2. The van der Waals surface area contributed by atoms with E-state index in [2.05, 4.69) is 40.4 Å². The standard InChI is InChI=1S/C17H19BrN2O/c1-3-12(2)19-13-8-10-14(11-9-13)20-17(21)15-6-4-5-7-16(15)18/h4-12,19H,3H2,1-2H3,(H,20,21). The molecular weight excluding hydrogens is 328 g/mol. The summed E-state index contributed by atoms with van der Waals surface area (Å²) in [5, 5.41) is 6.29. The number of hydrogen-bond acceptors (Lipinski definition) is 2. The number of rotatable bonds is 5. The molecule has 2 rings (SSSR count). The van der Waals surface area contributed by atoms with E-state index in [1.54, 1.807) is 6.07 Å². The van der Waals surface area contributed by atoms with Crippen molar-refractivity contribution in [3.05, 3.63) is 58.6 Å². The van der Waals surface area contributed by atoms with Crippen LogP contribution in [-0.2, 0) is 0 Å². The lowest BCUT2D eigenvalue weighted by molar-refractivity contribution is 0.102. The molecule has 1 amide bonds. The van der Waals surface area contributed by atoms with Crippen molar-refractivity contribution in [2.75, 3.05) is 10.6 Å². The fraction of sp³-hybridized carbons (Fsp3) is 0.235. The molecule has 0 fully saturated rings. The van der Waals surface area contributed by atoms with Gasteiger partial charge in [-0.25, -0.2) is 0 Å². The molecule has 0 bridgehead atoms. The van der Waals surface area contributed by atoms with Crippen LogP contribution in [0.1, 0.15) is 30.6 Å². The van der Waals surface area contributed by atoms with Crippen LogP contribution in [0.25, 0.3) is 0 Å². The van der Waals surface area contributed by atoms with Crippen LogP contribution in [0.5, 0.6) is 0 Å². The zero-order chi connectivity index (χ0) is 15.2. The van der Waals surface area contributed by atoms with Gasteiger partial charge >= 0.3 is 0 Å². The van der Waals surface area contributed by atoms with Gasteiger partial charge in [-0.3, -0.25) is 4.79 Å². The summed E-state index contributed by atoms with van der Waals surface area (Å²) in [4.78, 5) is 12.2. The minimum atomic E-state index is -0.120. The monoisotopic (exact) mass is 346 g/mol. The Balaban J connectivity index is 2.03. The molecule has 1 unspecified atom stereocenters. The Morgan fingerprint density at radius 3 is 2.33 bits per heavy atom. The quantitative estimate of drug-likeness (QED) is 0.807. The highest BCUT2D eigenvalue weighted by Gasteiger charge is 2.09. The van der Waals surface area contributed by atoms with E-state index in [-0.39, 0.29) is 5.91 Å². The van der Waals surface area contributed by atoms with Gasteiger partial charge in [-0.1, -0.05) is 19.1 Å². The maximum absolute atomic E-state index is 12.2. The summed E-state index contributed by atoms with van der Waals surface area (Å²) in [7, 11) is 0.